The number of hydrogen-bond donors (Lipinski definition) is 2. The van der Waals surface area contributed by atoms with Gasteiger partial charge in [0.1, 0.15) is 5.54 Å². The lowest BCUT2D eigenvalue weighted by atomic mass is 10.0. The van der Waals surface area contributed by atoms with Crippen LogP contribution in [-0.2, 0) is 4.79 Å². The van der Waals surface area contributed by atoms with Crippen LogP contribution in [-0.4, -0.2) is 64.2 Å². The van der Waals surface area contributed by atoms with Crippen LogP contribution in [0.1, 0.15) is 6.92 Å². The van der Waals surface area contributed by atoms with Crippen LogP contribution in [0, 0.1) is 0 Å². The Balaban J connectivity index is 1.88. The van der Waals surface area contributed by atoms with E-state index in [-0.39, 0.29) is 0 Å². The summed E-state index contributed by atoms with van der Waals surface area (Å²) in [5, 5.41) is 9.02. The summed E-state index contributed by atoms with van der Waals surface area (Å²) in [6, 6.07) is 1.78. The molecule has 0 aromatic carbocycles. The second-order valence-electron chi connectivity index (χ2n) is 5.03. The first-order valence-electron chi connectivity index (χ1n) is 6.25. The molecule has 1 aliphatic heterocycles. The molecule has 1 atom stereocenters. The number of piperazine rings is 1. The molecule has 3 N–H and O–H groups in total. The molecular weight excluding hydrogens is 246 g/mol. The number of carboxylic acid groups (broad SMARTS) is 1. The molecule has 7 heteroatoms. The van der Waals surface area contributed by atoms with E-state index in [1.54, 1.807) is 25.4 Å². The monoisotopic (exact) mass is 265 g/mol. The SMILES string of the molecule is CC(N)(CN1CCN(c2ncccn2)CC1)C(=O)O. The highest BCUT2D eigenvalue weighted by atomic mass is 16.4. The summed E-state index contributed by atoms with van der Waals surface area (Å²) in [7, 11) is 0. The van der Waals surface area contributed by atoms with E-state index in [1.807, 2.05) is 0 Å². The number of aromatic nitrogens is 2. The van der Waals surface area contributed by atoms with Crippen LogP contribution in [0.3, 0.4) is 0 Å². The Morgan fingerprint density at radius 3 is 2.47 bits per heavy atom. The van der Waals surface area contributed by atoms with Gasteiger partial charge in [-0.15, -0.1) is 0 Å². The lowest BCUT2D eigenvalue weighted by Gasteiger charge is -2.37. The van der Waals surface area contributed by atoms with Crippen molar-refractivity contribution < 1.29 is 9.90 Å². The average Bonchev–Trinajstić information content (AvgIpc) is 2.40. The Hall–Kier alpha value is -1.73. The number of hydrogen-bond acceptors (Lipinski definition) is 6. The normalized spacial score (nSPS) is 20.0. The molecule has 1 aliphatic rings. The number of nitrogens with zero attached hydrogens (tertiary/aromatic N) is 4. The Kier molecular flexibility index (Phi) is 3.96. The molecule has 0 radical (unpaired) electrons. The maximum Gasteiger partial charge on any atom is 0.324 e. The van der Waals surface area contributed by atoms with Gasteiger partial charge in [0.25, 0.3) is 0 Å². The van der Waals surface area contributed by atoms with Crippen molar-refractivity contribution in [1.29, 1.82) is 0 Å². The molecule has 1 aromatic heterocycles. The van der Waals surface area contributed by atoms with Crippen LogP contribution in [0.15, 0.2) is 18.5 Å². The van der Waals surface area contributed by atoms with E-state index in [4.69, 9.17) is 10.8 Å². The highest BCUT2D eigenvalue weighted by Crippen LogP contribution is 2.11. The number of carboxylic acids is 1. The fourth-order valence-electron chi connectivity index (χ4n) is 2.09. The van der Waals surface area contributed by atoms with Crippen molar-refractivity contribution in [2.45, 2.75) is 12.5 Å². The van der Waals surface area contributed by atoms with Crippen molar-refractivity contribution in [2.75, 3.05) is 37.6 Å². The first-order valence-corrected chi connectivity index (χ1v) is 6.25. The van der Waals surface area contributed by atoms with Gasteiger partial charge in [0.05, 0.1) is 0 Å². The molecule has 7 nitrogen and oxygen atoms in total. The zero-order valence-electron chi connectivity index (χ0n) is 11.0. The van der Waals surface area contributed by atoms with Crippen LogP contribution < -0.4 is 10.6 Å². The summed E-state index contributed by atoms with van der Waals surface area (Å²) < 4.78 is 0. The number of rotatable bonds is 4. The number of carbonyl (C=O) groups is 1. The number of anilines is 1. The second-order valence-corrected chi connectivity index (χ2v) is 5.03. The van der Waals surface area contributed by atoms with Crippen LogP contribution >= 0.6 is 0 Å². The fraction of sp³-hybridized carbons (Fsp3) is 0.583. The highest BCUT2D eigenvalue weighted by molar-refractivity contribution is 5.78. The van der Waals surface area contributed by atoms with Crippen LogP contribution in [0.25, 0.3) is 0 Å². The quantitative estimate of drug-likeness (QED) is 0.750. The molecule has 0 aliphatic carbocycles. The smallest absolute Gasteiger partial charge is 0.324 e. The lowest BCUT2D eigenvalue weighted by molar-refractivity contribution is -0.143. The molecule has 104 valence electrons. The van der Waals surface area contributed by atoms with Gasteiger partial charge in [-0.2, -0.15) is 0 Å². The van der Waals surface area contributed by atoms with Gasteiger partial charge in [0.15, 0.2) is 0 Å². The van der Waals surface area contributed by atoms with Crippen molar-refractivity contribution in [3.8, 4) is 0 Å². The molecular formula is C12H19N5O2. The van der Waals surface area contributed by atoms with Crippen LogP contribution in [0.2, 0.25) is 0 Å². The molecule has 0 amide bonds. The van der Waals surface area contributed by atoms with E-state index in [0.717, 1.165) is 32.1 Å². The van der Waals surface area contributed by atoms with Crippen molar-refractivity contribution in [3.63, 3.8) is 0 Å². The van der Waals surface area contributed by atoms with E-state index in [2.05, 4.69) is 19.8 Å². The first kappa shape index (κ1) is 13.7. The fourth-order valence-corrected chi connectivity index (χ4v) is 2.09. The van der Waals surface area contributed by atoms with Crippen molar-refractivity contribution in [3.05, 3.63) is 18.5 Å². The molecule has 2 rings (SSSR count). The van der Waals surface area contributed by atoms with Gasteiger partial charge in [-0.3, -0.25) is 9.69 Å². The van der Waals surface area contributed by atoms with Gasteiger partial charge in [-0.25, -0.2) is 9.97 Å². The molecule has 19 heavy (non-hydrogen) atoms. The zero-order valence-corrected chi connectivity index (χ0v) is 11.0. The summed E-state index contributed by atoms with van der Waals surface area (Å²) in [5.41, 5.74) is 4.55. The second kappa shape index (κ2) is 5.50. The topological polar surface area (TPSA) is 95.6 Å². The van der Waals surface area contributed by atoms with Crippen molar-refractivity contribution in [1.82, 2.24) is 14.9 Å². The minimum atomic E-state index is -1.20. The van der Waals surface area contributed by atoms with Gasteiger partial charge < -0.3 is 15.7 Å². The van der Waals surface area contributed by atoms with Gasteiger partial charge in [-0.05, 0) is 13.0 Å². The molecule has 1 saturated heterocycles. The number of aliphatic carboxylic acids is 1. The minimum absolute atomic E-state index is 0.353. The Morgan fingerprint density at radius 1 is 1.37 bits per heavy atom. The third-order valence-electron chi connectivity index (χ3n) is 3.25. The Morgan fingerprint density at radius 2 is 1.95 bits per heavy atom. The Bertz CT molecular complexity index is 429. The maximum absolute atomic E-state index is 11.0. The predicted molar refractivity (Wildman–Crippen MR) is 70.9 cm³/mol. The molecule has 0 saturated carbocycles. The largest absolute Gasteiger partial charge is 0.480 e. The molecule has 0 bridgehead atoms. The summed E-state index contributed by atoms with van der Waals surface area (Å²) in [6.45, 7) is 4.98. The van der Waals surface area contributed by atoms with Crippen molar-refractivity contribution in [2.24, 2.45) is 5.73 Å². The van der Waals surface area contributed by atoms with E-state index in [9.17, 15) is 4.79 Å². The zero-order chi connectivity index (χ0) is 13.9. The van der Waals surface area contributed by atoms with E-state index < -0.39 is 11.5 Å². The molecule has 1 unspecified atom stereocenters. The third-order valence-corrected chi connectivity index (χ3v) is 3.25. The highest BCUT2D eigenvalue weighted by Gasteiger charge is 2.31. The Labute approximate surface area is 112 Å². The summed E-state index contributed by atoms with van der Waals surface area (Å²) in [6.07, 6.45) is 3.44. The standard InChI is InChI=1S/C12H19N5O2/c1-12(13,10(18)19)9-16-5-7-17(8-6-16)11-14-3-2-4-15-11/h2-4H,5-9,13H2,1H3,(H,18,19). The first-order chi connectivity index (χ1) is 8.99. The van der Waals surface area contributed by atoms with Crippen LogP contribution in [0.5, 0.6) is 0 Å². The molecule has 1 aromatic rings. The summed E-state index contributed by atoms with van der Waals surface area (Å²) in [5.74, 6) is -0.253. The molecule has 1 fully saturated rings. The maximum atomic E-state index is 11.0. The van der Waals surface area contributed by atoms with Crippen molar-refractivity contribution >= 4 is 11.9 Å². The third kappa shape index (κ3) is 3.39. The summed E-state index contributed by atoms with van der Waals surface area (Å²) in [4.78, 5) is 23.6. The number of nitrogens with two attached hydrogens (primary N) is 1. The van der Waals surface area contributed by atoms with Gasteiger partial charge in [0, 0.05) is 45.1 Å². The predicted octanol–water partition coefficient (Wildman–Crippen LogP) is -0.599. The minimum Gasteiger partial charge on any atom is -0.480 e. The summed E-state index contributed by atoms with van der Waals surface area (Å²) >= 11 is 0. The van der Waals surface area contributed by atoms with E-state index in [1.165, 1.54) is 0 Å². The average molecular weight is 265 g/mol. The molecule has 2 heterocycles. The van der Waals surface area contributed by atoms with Gasteiger partial charge >= 0.3 is 5.97 Å². The molecule has 0 spiro atoms. The van der Waals surface area contributed by atoms with Crippen LogP contribution in [0.4, 0.5) is 5.95 Å². The van der Waals surface area contributed by atoms with E-state index in [0.29, 0.717) is 6.54 Å². The van der Waals surface area contributed by atoms with Gasteiger partial charge in [0.2, 0.25) is 5.95 Å². The lowest BCUT2D eigenvalue weighted by Crippen LogP contribution is -2.57. The van der Waals surface area contributed by atoms with Gasteiger partial charge in [-0.1, -0.05) is 0 Å². The van der Waals surface area contributed by atoms with E-state index >= 15 is 0 Å².